The Morgan fingerprint density at radius 2 is 2.33 bits per heavy atom. The first-order valence-corrected chi connectivity index (χ1v) is 5.86. The van der Waals surface area contributed by atoms with Crippen molar-refractivity contribution in [3.8, 4) is 6.07 Å². The minimum Gasteiger partial charge on any atom is -0.332 e. The second-order valence-corrected chi connectivity index (χ2v) is 5.64. The molecular weight excluding hydrogens is 175 g/mol. The zero-order chi connectivity index (χ0) is 9.61. The lowest BCUT2D eigenvalue weighted by Gasteiger charge is -2.13. The average Bonchev–Trinajstić information content (AvgIpc) is 2.13. The van der Waals surface area contributed by atoms with Crippen molar-refractivity contribution in [2.24, 2.45) is 5.73 Å². The Morgan fingerprint density at radius 1 is 1.75 bits per heavy atom. The molecule has 4 nitrogen and oxygen atoms in total. The molecule has 0 saturated heterocycles. The molecule has 0 saturated carbocycles. The van der Waals surface area contributed by atoms with Crippen LogP contribution in [-0.2, 0) is 9.09 Å². The van der Waals surface area contributed by atoms with Crippen LogP contribution >= 0.6 is 7.37 Å². The molecule has 0 bridgehead atoms. The maximum Gasteiger partial charge on any atom is 0.202 e. The van der Waals surface area contributed by atoms with E-state index >= 15 is 0 Å². The Balaban J connectivity index is 3.91. The Hall–Kier alpha value is -0.360. The van der Waals surface area contributed by atoms with E-state index in [1.165, 1.54) is 7.11 Å². The first-order chi connectivity index (χ1) is 5.58. The summed E-state index contributed by atoms with van der Waals surface area (Å²) in [6.07, 6.45) is 1.34. The van der Waals surface area contributed by atoms with Crippen LogP contribution < -0.4 is 5.73 Å². The smallest absolute Gasteiger partial charge is 0.202 e. The molecule has 12 heavy (non-hydrogen) atoms. The average molecular weight is 190 g/mol. The first-order valence-electron chi connectivity index (χ1n) is 3.87. The fourth-order valence-electron chi connectivity index (χ4n) is 0.779. The van der Waals surface area contributed by atoms with Gasteiger partial charge in [-0.25, -0.2) is 0 Å². The van der Waals surface area contributed by atoms with Crippen LogP contribution in [0.3, 0.4) is 0 Å². The lowest BCUT2D eigenvalue weighted by atomic mass is 10.3. The molecule has 0 aliphatic rings. The van der Waals surface area contributed by atoms with Gasteiger partial charge in [-0.3, -0.25) is 4.57 Å². The van der Waals surface area contributed by atoms with Crippen LogP contribution in [0.15, 0.2) is 0 Å². The van der Waals surface area contributed by atoms with Crippen molar-refractivity contribution in [2.75, 3.05) is 19.4 Å². The summed E-state index contributed by atoms with van der Waals surface area (Å²) >= 11 is 0. The van der Waals surface area contributed by atoms with Gasteiger partial charge in [0.05, 0.1) is 12.1 Å². The highest BCUT2D eigenvalue weighted by atomic mass is 31.2. The van der Waals surface area contributed by atoms with E-state index in [4.69, 9.17) is 15.5 Å². The van der Waals surface area contributed by atoms with Crippen LogP contribution in [0.25, 0.3) is 0 Å². The predicted octanol–water partition coefficient (Wildman–Crippen LogP) is 1.17. The molecule has 0 aromatic carbocycles. The summed E-state index contributed by atoms with van der Waals surface area (Å²) in [7, 11) is -1.05. The summed E-state index contributed by atoms with van der Waals surface area (Å²) in [5.41, 5.74) is 5.35. The van der Waals surface area contributed by atoms with E-state index in [-0.39, 0.29) is 0 Å². The molecule has 0 aromatic rings. The summed E-state index contributed by atoms with van der Waals surface area (Å²) in [5.74, 6) is 0. The zero-order valence-electron chi connectivity index (χ0n) is 7.49. The molecule has 70 valence electrons. The first kappa shape index (κ1) is 11.6. The highest BCUT2D eigenvalue weighted by molar-refractivity contribution is 7.58. The van der Waals surface area contributed by atoms with Gasteiger partial charge in [-0.2, -0.15) is 5.26 Å². The van der Waals surface area contributed by atoms with Crippen molar-refractivity contribution >= 4 is 7.37 Å². The summed E-state index contributed by atoms with van der Waals surface area (Å²) in [4.78, 5) is 0. The Kier molecular flexibility index (Phi) is 5.16. The van der Waals surface area contributed by atoms with Crippen molar-refractivity contribution in [1.29, 1.82) is 5.26 Å². The van der Waals surface area contributed by atoms with Gasteiger partial charge < -0.3 is 10.3 Å². The topological polar surface area (TPSA) is 76.1 Å². The second kappa shape index (κ2) is 5.31. The third kappa shape index (κ3) is 3.87. The SMILES string of the molecule is CCP(=O)(CCC(N)C#N)OC. The number of nitrogens with zero attached hydrogens (tertiary/aromatic N) is 1. The van der Waals surface area contributed by atoms with Gasteiger partial charge in [0.25, 0.3) is 0 Å². The van der Waals surface area contributed by atoms with E-state index in [9.17, 15) is 4.57 Å². The molecule has 0 fully saturated rings. The molecule has 5 heteroatoms. The lowest BCUT2D eigenvalue weighted by Crippen LogP contribution is -2.18. The van der Waals surface area contributed by atoms with Gasteiger partial charge in [0.2, 0.25) is 7.37 Å². The fourth-order valence-corrected chi connectivity index (χ4v) is 2.21. The third-order valence-electron chi connectivity index (χ3n) is 1.76. The molecule has 0 heterocycles. The Bertz CT molecular complexity index is 204. The van der Waals surface area contributed by atoms with Crippen LogP contribution in [0, 0.1) is 11.3 Å². The number of hydrogen-bond donors (Lipinski definition) is 1. The van der Waals surface area contributed by atoms with Crippen molar-refractivity contribution in [1.82, 2.24) is 0 Å². The minimum atomic E-state index is -2.48. The van der Waals surface area contributed by atoms with Crippen LogP contribution in [-0.4, -0.2) is 25.5 Å². The van der Waals surface area contributed by atoms with E-state index in [2.05, 4.69) is 0 Å². The molecular formula is C7H15N2O2P. The van der Waals surface area contributed by atoms with Gasteiger partial charge in [-0.1, -0.05) is 6.92 Å². The normalized spacial score (nSPS) is 17.8. The number of nitrogens with two attached hydrogens (primary N) is 1. The van der Waals surface area contributed by atoms with Gasteiger partial charge in [-0.05, 0) is 6.42 Å². The van der Waals surface area contributed by atoms with E-state index in [0.29, 0.717) is 18.7 Å². The standard InChI is InChI=1S/C7H15N2O2P/c1-3-12(10,11-2)5-4-7(9)6-8/h7H,3-5,9H2,1-2H3. The van der Waals surface area contributed by atoms with Gasteiger partial charge >= 0.3 is 0 Å². The summed E-state index contributed by atoms with van der Waals surface area (Å²) in [5, 5.41) is 8.37. The van der Waals surface area contributed by atoms with Crippen molar-refractivity contribution in [2.45, 2.75) is 19.4 Å². The molecule has 2 unspecified atom stereocenters. The van der Waals surface area contributed by atoms with Crippen LogP contribution in [0.4, 0.5) is 0 Å². The molecule has 0 spiro atoms. The van der Waals surface area contributed by atoms with Crippen LogP contribution in [0.2, 0.25) is 0 Å². The van der Waals surface area contributed by atoms with Crippen LogP contribution in [0.5, 0.6) is 0 Å². The van der Waals surface area contributed by atoms with Crippen LogP contribution in [0.1, 0.15) is 13.3 Å². The predicted molar refractivity (Wildman–Crippen MR) is 48.2 cm³/mol. The van der Waals surface area contributed by atoms with E-state index in [0.717, 1.165) is 0 Å². The Morgan fingerprint density at radius 3 is 2.67 bits per heavy atom. The molecule has 0 aliphatic heterocycles. The maximum absolute atomic E-state index is 11.6. The summed E-state index contributed by atoms with van der Waals surface area (Å²) < 4.78 is 16.5. The molecule has 0 rings (SSSR count). The monoisotopic (exact) mass is 190 g/mol. The molecule has 0 aliphatic carbocycles. The molecule has 0 radical (unpaired) electrons. The second-order valence-electron chi connectivity index (χ2n) is 2.56. The molecule has 0 amide bonds. The molecule has 0 aromatic heterocycles. The van der Waals surface area contributed by atoms with Gasteiger partial charge in [-0.15, -0.1) is 0 Å². The Labute approximate surface area is 73.2 Å². The highest BCUT2D eigenvalue weighted by Crippen LogP contribution is 2.45. The largest absolute Gasteiger partial charge is 0.332 e. The third-order valence-corrected chi connectivity index (χ3v) is 4.33. The quantitative estimate of drug-likeness (QED) is 0.660. The minimum absolute atomic E-state index is 0.398. The van der Waals surface area contributed by atoms with E-state index in [1.807, 2.05) is 13.0 Å². The molecule has 2 atom stereocenters. The van der Waals surface area contributed by atoms with Gasteiger partial charge in [0.15, 0.2) is 0 Å². The van der Waals surface area contributed by atoms with E-state index < -0.39 is 13.4 Å². The summed E-state index contributed by atoms with van der Waals surface area (Å²) in [6, 6.07) is 1.36. The fraction of sp³-hybridized carbons (Fsp3) is 0.857. The lowest BCUT2D eigenvalue weighted by molar-refractivity contribution is 0.392. The zero-order valence-corrected chi connectivity index (χ0v) is 8.38. The van der Waals surface area contributed by atoms with Crippen molar-refractivity contribution < 1.29 is 9.09 Å². The van der Waals surface area contributed by atoms with E-state index in [1.54, 1.807) is 0 Å². The van der Waals surface area contributed by atoms with Crippen molar-refractivity contribution in [3.63, 3.8) is 0 Å². The summed E-state index contributed by atoms with van der Waals surface area (Å²) in [6.45, 7) is 1.81. The van der Waals surface area contributed by atoms with Gasteiger partial charge in [0.1, 0.15) is 0 Å². The highest BCUT2D eigenvalue weighted by Gasteiger charge is 2.19. The number of rotatable bonds is 5. The molecule has 2 N–H and O–H groups in total. The number of hydrogen-bond acceptors (Lipinski definition) is 4. The van der Waals surface area contributed by atoms with Gasteiger partial charge in [0, 0.05) is 19.4 Å². The maximum atomic E-state index is 11.6. The van der Waals surface area contributed by atoms with Crippen molar-refractivity contribution in [3.05, 3.63) is 0 Å². The number of nitriles is 1.